The summed E-state index contributed by atoms with van der Waals surface area (Å²) in [5, 5.41) is 13.5. The normalized spacial score (nSPS) is 32.2. The second-order valence-corrected chi connectivity index (χ2v) is 6.78. The molecule has 3 heteroatoms. The van der Waals surface area contributed by atoms with E-state index in [2.05, 4.69) is 24.1 Å². The van der Waals surface area contributed by atoms with Crippen molar-refractivity contribution >= 4 is 0 Å². The van der Waals surface area contributed by atoms with E-state index in [0.29, 0.717) is 5.41 Å². The van der Waals surface area contributed by atoms with Gasteiger partial charge in [-0.25, -0.2) is 0 Å². The van der Waals surface area contributed by atoms with Gasteiger partial charge >= 0.3 is 0 Å². The molecule has 2 rings (SSSR count). The summed E-state index contributed by atoms with van der Waals surface area (Å²) in [6.45, 7) is 10.6. The van der Waals surface area contributed by atoms with Crippen molar-refractivity contribution in [3.05, 3.63) is 0 Å². The molecule has 1 unspecified atom stereocenters. The number of rotatable bonds is 5. The van der Waals surface area contributed by atoms with E-state index in [1.165, 1.54) is 12.8 Å². The van der Waals surface area contributed by atoms with E-state index in [1.807, 2.05) is 6.92 Å². The van der Waals surface area contributed by atoms with Crippen molar-refractivity contribution in [3.8, 4) is 0 Å². The molecular formula is C13H26N2O. The maximum absolute atomic E-state index is 9.93. The van der Waals surface area contributed by atoms with Crippen molar-refractivity contribution in [2.45, 2.75) is 51.7 Å². The van der Waals surface area contributed by atoms with E-state index in [1.54, 1.807) is 0 Å². The first-order valence-electron chi connectivity index (χ1n) is 6.55. The number of nitrogens with zero attached hydrogens (tertiary/aromatic N) is 1. The zero-order valence-corrected chi connectivity index (χ0v) is 10.9. The summed E-state index contributed by atoms with van der Waals surface area (Å²) in [5.41, 5.74) is -0.150. The lowest BCUT2D eigenvalue weighted by atomic mass is 9.92. The molecule has 0 aromatic rings. The summed E-state index contributed by atoms with van der Waals surface area (Å²) in [6.07, 6.45) is 3.63. The SMILES string of the molecule is CC(C)(CNC1CC1)CN1CCC(C)(O)C1. The zero-order valence-electron chi connectivity index (χ0n) is 10.9. The summed E-state index contributed by atoms with van der Waals surface area (Å²) in [7, 11) is 0. The van der Waals surface area contributed by atoms with Gasteiger partial charge < -0.3 is 10.4 Å². The summed E-state index contributed by atoms with van der Waals surface area (Å²) in [4.78, 5) is 2.40. The van der Waals surface area contributed by atoms with E-state index in [9.17, 15) is 5.11 Å². The Morgan fingerprint density at radius 1 is 1.44 bits per heavy atom. The van der Waals surface area contributed by atoms with Gasteiger partial charge in [-0.3, -0.25) is 4.90 Å². The van der Waals surface area contributed by atoms with Crippen LogP contribution in [0.3, 0.4) is 0 Å². The average Bonchev–Trinajstić information content (AvgIpc) is 2.89. The smallest absolute Gasteiger partial charge is 0.0758 e. The van der Waals surface area contributed by atoms with Crippen molar-refractivity contribution in [3.63, 3.8) is 0 Å². The monoisotopic (exact) mass is 226 g/mol. The number of hydrogen-bond donors (Lipinski definition) is 2. The quantitative estimate of drug-likeness (QED) is 0.740. The van der Waals surface area contributed by atoms with Crippen LogP contribution in [-0.4, -0.2) is 47.8 Å². The third kappa shape index (κ3) is 3.72. The van der Waals surface area contributed by atoms with E-state index >= 15 is 0 Å². The summed E-state index contributed by atoms with van der Waals surface area (Å²) < 4.78 is 0. The third-order valence-corrected chi connectivity index (χ3v) is 3.63. The molecule has 16 heavy (non-hydrogen) atoms. The molecular weight excluding hydrogens is 200 g/mol. The van der Waals surface area contributed by atoms with Crippen molar-refractivity contribution in [2.75, 3.05) is 26.2 Å². The number of β-amino-alcohol motifs (C(OH)–C–C–N with tert-alkyl or cyclic N) is 1. The highest BCUT2D eigenvalue weighted by atomic mass is 16.3. The number of hydrogen-bond acceptors (Lipinski definition) is 3. The van der Waals surface area contributed by atoms with E-state index < -0.39 is 5.60 Å². The van der Waals surface area contributed by atoms with Crippen molar-refractivity contribution in [1.82, 2.24) is 10.2 Å². The molecule has 1 saturated carbocycles. The zero-order chi connectivity index (χ0) is 11.8. The van der Waals surface area contributed by atoms with Crippen LogP contribution >= 0.6 is 0 Å². The molecule has 0 amide bonds. The highest BCUT2D eigenvalue weighted by molar-refractivity contribution is 4.90. The van der Waals surface area contributed by atoms with Gasteiger partial charge in [0, 0.05) is 32.2 Å². The fraction of sp³-hybridized carbons (Fsp3) is 1.00. The molecule has 1 aliphatic heterocycles. The van der Waals surface area contributed by atoms with Crippen LogP contribution in [-0.2, 0) is 0 Å². The average molecular weight is 226 g/mol. The van der Waals surface area contributed by atoms with Gasteiger partial charge in [0.25, 0.3) is 0 Å². The molecule has 1 aliphatic carbocycles. The Hall–Kier alpha value is -0.120. The molecule has 1 atom stereocenters. The third-order valence-electron chi connectivity index (χ3n) is 3.63. The molecule has 2 fully saturated rings. The highest BCUT2D eigenvalue weighted by Gasteiger charge is 2.34. The van der Waals surface area contributed by atoms with Gasteiger partial charge in [-0.1, -0.05) is 13.8 Å². The molecule has 1 saturated heterocycles. The molecule has 3 nitrogen and oxygen atoms in total. The van der Waals surface area contributed by atoms with E-state index in [4.69, 9.17) is 0 Å². The fourth-order valence-corrected chi connectivity index (χ4v) is 2.54. The molecule has 0 bridgehead atoms. The molecule has 94 valence electrons. The lowest BCUT2D eigenvalue weighted by Crippen LogP contribution is -2.41. The van der Waals surface area contributed by atoms with Crippen LogP contribution in [0.1, 0.15) is 40.0 Å². The Balaban J connectivity index is 1.74. The van der Waals surface area contributed by atoms with Gasteiger partial charge in [0.15, 0.2) is 0 Å². The van der Waals surface area contributed by atoms with Crippen LogP contribution in [0.15, 0.2) is 0 Å². The number of nitrogens with one attached hydrogen (secondary N) is 1. The summed E-state index contributed by atoms with van der Waals surface area (Å²) in [5.74, 6) is 0. The first kappa shape index (κ1) is 12.3. The van der Waals surface area contributed by atoms with Crippen LogP contribution in [0.4, 0.5) is 0 Å². The Kier molecular flexibility index (Phi) is 3.30. The maximum atomic E-state index is 9.93. The van der Waals surface area contributed by atoms with Crippen LogP contribution < -0.4 is 5.32 Å². The predicted octanol–water partition coefficient (Wildman–Crippen LogP) is 1.22. The Morgan fingerprint density at radius 3 is 2.62 bits per heavy atom. The molecule has 2 aliphatic rings. The fourth-order valence-electron chi connectivity index (χ4n) is 2.54. The molecule has 0 spiro atoms. The molecule has 2 N–H and O–H groups in total. The minimum Gasteiger partial charge on any atom is -0.389 e. The lowest BCUT2D eigenvalue weighted by molar-refractivity contribution is 0.0631. The molecule has 0 aromatic heterocycles. The van der Waals surface area contributed by atoms with E-state index in [0.717, 1.165) is 38.6 Å². The molecule has 0 aromatic carbocycles. The second-order valence-electron chi connectivity index (χ2n) is 6.78. The van der Waals surface area contributed by atoms with Crippen LogP contribution in [0.5, 0.6) is 0 Å². The Bertz CT molecular complexity index is 246. The van der Waals surface area contributed by atoms with Gasteiger partial charge in [0.2, 0.25) is 0 Å². The molecule has 1 heterocycles. The predicted molar refractivity (Wildman–Crippen MR) is 66.5 cm³/mol. The first-order chi connectivity index (χ1) is 7.36. The lowest BCUT2D eigenvalue weighted by Gasteiger charge is -2.31. The largest absolute Gasteiger partial charge is 0.389 e. The number of likely N-dealkylation sites (tertiary alicyclic amines) is 1. The van der Waals surface area contributed by atoms with Crippen molar-refractivity contribution in [2.24, 2.45) is 5.41 Å². The van der Waals surface area contributed by atoms with Gasteiger partial charge in [-0.05, 0) is 31.6 Å². The van der Waals surface area contributed by atoms with E-state index in [-0.39, 0.29) is 0 Å². The Labute approximate surface area is 99.2 Å². The summed E-state index contributed by atoms with van der Waals surface area (Å²) >= 11 is 0. The van der Waals surface area contributed by atoms with Crippen LogP contribution in [0, 0.1) is 5.41 Å². The minimum atomic E-state index is -0.458. The van der Waals surface area contributed by atoms with Crippen LogP contribution in [0.25, 0.3) is 0 Å². The van der Waals surface area contributed by atoms with Crippen molar-refractivity contribution in [1.29, 1.82) is 0 Å². The van der Waals surface area contributed by atoms with Crippen LogP contribution in [0.2, 0.25) is 0 Å². The van der Waals surface area contributed by atoms with Crippen molar-refractivity contribution < 1.29 is 5.11 Å². The van der Waals surface area contributed by atoms with Gasteiger partial charge in [0.1, 0.15) is 0 Å². The molecule has 0 radical (unpaired) electrons. The topological polar surface area (TPSA) is 35.5 Å². The second kappa shape index (κ2) is 4.28. The summed E-state index contributed by atoms with van der Waals surface area (Å²) in [6, 6.07) is 0.793. The maximum Gasteiger partial charge on any atom is 0.0758 e. The standard InChI is InChI=1S/C13H26N2O/c1-12(2,8-14-11-4-5-11)9-15-7-6-13(3,16)10-15/h11,14,16H,4-10H2,1-3H3. The van der Waals surface area contributed by atoms with Gasteiger partial charge in [-0.2, -0.15) is 0 Å². The highest BCUT2D eigenvalue weighted by Crippen LogP contribution is 2.26. The van der Waals surface area contributed by atoms with Gasteiger partial charge in [0.05, 0.1) is 5.60 Å². The number of aliphatic hydroxyl groups is 1. The minimum absolute atomic E-state index is 0.309. The Morgan fingerprint density at radius 2 is 2.12 bits per heavy atom. The van der Waals surface area contributed by atoms with Gasteiger partial charge in [-0.15, -0.1) is 0 Å². The first-order valence-corrected chi connectivity index (χ1v) is 6.55.